The monoisotopic (exact) mass is 434 g/mol. The van der Waals surface area contributed by atoms with Gasteiger partial charge in [0.1, 0.15) is 0 Å². The molecule has 0 bridgehead atoms. The average Bonchev–Trinajstić information content (AvgIpc) is 3.25. The lowest BCUT2D eigenvalue weighted by Crippen LogP contribution is -2.51. The maximum absolute atomic E-state index is 13.8. The zero-order chi connectivity index (χ0) is 22.3. The molecule has 7 heteroatoms. The molecule has 32 heavy (non-hydrogen) atoms. The van der Waals surface area contributed by atoms with Crippen LogP contribution in [-0.2, 0) is 9.53 Å². The third-order valence-electron chi connectivity index (χ3n) is 5.99. The van der Waals surface area contributed by atoms with Crippen LogP contribution in [0, 0.1) is 0 Å². The molecule has 2 aromatic carbocycles. The van der Waals surface area contributed by atoms with Gasteiger partial charge in [0, 0.05) is 62.5 Å². The van der Waals surface area contributed by atoms with E-state index in [0.717, 1.165) is 48.2 Å². The summed E-state index contributed by atoms with van der Waals surface area (Å²) in [6.45, 7) is 4.31. The van der Waals surface area contributed by atoms with E-state index in [1.807, 2.05) is 60.8 Å². The van der Waals surface area contributed by atoms with E-state index < -0.39 is 0 Å². The number of ether oxygens (including phenoxy) is 1. The lowest BCUT2D eigenvalue weighted by molar-refractivity contribution is -0.122. The van der Waals surface area contributed by atoms with Crippen LogP contribution < -0.4 is 5.32 Å². The quantitative estimate of drug-likeness (QED) is 0.400. The molecule has 0 unspecified atom stereocenters. The molecule has 1 aliphatic rings. The zero-order valence-corrected chi connectivity index (χ0v) is 18.4. The van der Waals surface area contributed by atoms with E-state index in [1.165, 1.54) is 0 Å². The minimum absolute atomic E-state index is 0.00461. The van der Waals surface area contributed by atoms with Gasteiger partial charge >= 0.3 is 0 Å². The second kappa shape index (κ2) is 10.5. The number of carbonyl (C=O) groups is 2. The first kappa shape index (κ1) is 22.2. The number of aromatic amines is 1. The van der Waals surface area contributed by atoms with Crippen molar-refractivity contribution in [3.8, 4) is 0 Å². The molecule has 1 saturated heterocycles. The van der Waals surface area contributed by atoms with Gasteiger partial charge in [0.2, 0.25) is 5.91 Å². The maximum atomic E-state index is 13.8. The van der Waals surface area contributed by atoms with Gasteiger partial charge < -0.3 is 15.0 Å². The molecule has 2 N–H and O–H groups in total. The molecule has 168 valence electrons. The molecule has 0 aliphatic carbocycles. The Bertz CT molecular complexity index is 1040. The van der Waals surface area contributed by atoms with Crippen LogP contribution in [0.4, 0.5) is 0 Å². The summed E-state index contributed by atoms with van der Waals surface area (Å²) in [5.41, 5.74) is 2.68. The van der Waals surface area contributed by atoms with Crippen molar-refractivity contribution in [2.75, 3.05) is 53.0 Å². The van der Waals surface area contributed by atoms with Crippen LogP contribution in [0.3, 0.4) is 0 Å². The van der Waals surface area contributed by atoms with Gasteiger partial charge in [-0.05, 0) is 11.6 Å². The number of amides is 1. The highest BCUT2D eigenvalue weighted by Gasteiger charge is 2.32. The van der Waals surface area contributed by atoms with Crippen molar-refractivity contribution in [2.24, 2.45) is 0 Å². The smallest absolute Gasteiger partial charge is 0.234 e. The zero-order valence-electron chi connectivity index (χ0n) is 18.4. The Hall–Kier alpha value is -3.00. The van der Waals surface area contributed by atoms with Crippen LogP contribution >= 0.6 is 0 Å². The summed E-state index contributed by atoms with van der Waals surface area (Å²) in [5.74, 6) is 0.101. The third kappa shape index (κ3) is 5.07. The van der Waals surface area contributed by atoms with Crippen molar-refractivity contribution in [1.29, 1.82) is 0 Å². The number of nitrogens with one attached hydrogen (secondary N) is 2. The second-order valence-electron chi connectivity index (χ2n) is 8.08. The number of aromatic nitrogens is 1. The van der Waals surface area contributed by atoms with Crippen LogP contribution in [0.1, 0.15) is 22.0 Å². The van der Waals surface area contributed by atoms with Crippen LogP contribution in [0.25, 0.3) is 10.9 Å². The Labute approximate surface area is 188 Å². The molecule has 2 heterocycles. The van der Waals surface area contributed by atoms with Crippen molar-refractivity contribution in [3.05, 3.63) is 71.9 Å². The first-order valence-corrected chi connectivity index (χ1v) is 11.0. The summed E-state index contributed by atoms with van der Waals surface area (Å²) >= 11 is 0. The van der Waals surface area contributed by atoms with Crippen LogP contribution in [0.15, 0.2) is 60.8 Å². The van der Waals surface area contributed by atoms with E-state index in [4.69, 9.17) is 4.74 Å². The van der Waals surface area contributed by atoms with E-state index >= 15 is 0 Å². The van der Waals surface area contributed by atoms with Crippen LogP contribution in [-0.4, -0.2) is 79.5 Å². The highest BCUT2D eigenvalue weighted by molar-refractivity contribution is 6.10. The molecule has 0 saturated carbocycles. The van der Waals surface area contributed by atoms with Gasteiger partial charge in [-0.3, -0.25) is 19.4 Å². The van der Waals surface area contributed by atoms with Gasteiger partial charge in [0.25, 0.3) is 0 Å². The Kier molecular flexibility index (Phi) is 7.32. The Morgan fingerprint density at radius 1 is 1.03 bits per heavy atom. The predicted molar refractivity (Wildman–Crippen MR) is 125 cm³/mol. The number of rotatable bonds is 9. The Balaban J connectivity index is 1.48. The number of nitrogens with zero attached hydrogens (tertiary/aromatic N) is 2. The number of para-hydroxylation sites is 1. The van der Waals surface area contributed by atoms with Crippen molar-refractivity contribution in [3.63, 3.8) is 0 Å². The summed E-state index contributed by atoms with van der Waals surface area (Å²) < 4.78 is 4.98. The molecular formula is C25H30N4O3. The van der Waals surface area contributed by atoms with Crippen molar-refractivity contribution >= 4 is 22.6 Å². The fraction of sp³-hybridized carbons (Fsp3) is 0.360. The summed E-state index contributed by atoms with van der Waals surface area (Å²) in [6.07, 6.45) is 1.82. The largest absolute Gasteiger partial charge is 0.383 e. The molecule has 1 aromatic heterocycles. The number of Topliss-reactive ketones (excluding diaryl/α,β-unsaturated/α-hetero) is 1. The molecule has 0 spiro atoms. The minimum Gasteiger partial charge on any atom is -0.383 e. The molecule has 1 fully saturated rings. The number of hydrogen-bond acceptors (Lipinski definition) is 5. The number of benzene rings is 2. The van der Waals surface area contributed by atoms with Crippen LogP contribution in [0.2, 0.25) is 0 Å². The van der Waals surface area contributed by atoms with Gasteiger partial charge in [-0.1, -0.05) is 48.5 Å². The second-order valence-corrected chi connectivity index (χ2v) is 8.08. The fourth-order valence-electron chi connectivity index (χ4n) is 4.32. The summed E-state index contributed by atoms with van der Waals surface area (Å²) in [7, 11) is 1.62. The van der Waals surface area contributed by atoms with E-state index in [0.29, 0.717) is 19.7 Å². The number of carbonyl (C=O) groups excluding carboxylic acids is 2. The normalized spacial score (nSPS) is 16.2. The average molecular weight is 435 g/mol. The van der Waals surface area contributed by atoms with Gasteiger partial charge in [-0.15, -0.1) is 0 Å². The van der Waals surface area contributed by atoms with Gasteiger partial charge in [0.05, 0.1) is 19.2 Å². The number of H-pyrrole nitrogens is 1. The molecule has 0 radical (unpaired) electrons. The number of hydrogen-bond donors (Lipinski definition) is 2. The molecule has 1 aliphatic heterocycles. The molecule has 1 amide bonds. The molecule has 4 rings (SSSR count). The number of piperazine rings is 1. The number of ketones is 1. The SMILES string of the molecule is COCCNC(=O)CN1CCN([C@@H](C(=O)c2c[nH]c3ccccc23)c2ccccc2)CC1. The van der Waals surface area contributed by atoms with Crippen molar-refractivity contribution < 1.29 is 14.3 Å². The minimum atomic E-state index is -0.354. The van der Waals surface area contributed by atoms with Gasteiger partial charge in [0.15, 0.2) is 5.78 Å². The lowest BCUT2D eigenvalue weighted by atomic mass is 9.95. The van der Waals surface area contributed by atoms with E-state index in [9.17, 15) is 9.59 Å². The Morgan fingerprint density at radius 3 is 2.50 bits per heavy atom. The van der Waals surface area contributed by atoms with E-state index in [1.54, 1.807) is 7.11 Å². The third-order valence-corrected chi connectivity index (χ3v) is 5.99. The van der Waals surface area contributed by atoms with E-state index in [-0.39, 0.29) is 17.7 Å². The predicted octanol–water partition coefficient (Wildman–Crippen LogP) is 2.47. The fourth-order valence-corrected chi connectivity index (χ4v) is 4.32. The molecule has 7 nitrogen and oxygen atoms in total. The topological polar surface area (TPSA) is 77.7 Å². The number of methoxy groups -OCH3 is 1. The number of fused-ring (bicyclic) bond motifs is 1. The van der Waals surface area contributed by atoms with Gasteiger partial charge in [-0.25, -0.2) is 0 Å². The highest BCUT2D eigenvalue weighted by atomic mass is 16.5. The first-order chi connectivity index (χ1) is 15.7. The van der Waals surface area contributed by atoms with Crippen molar-refractivity contribution in [1.82, 2.24) is 20.1 Å². The standard InChI is InChI=1S/C25H30N4O3/c1-32-16-11-26-23(30)18-28-12-14-29(15-13-28)24(19-7-3-2-4-8-19)25(31)21-17-27-22-10-6-5-9-20(21)22/h2-10,17,24,27H,11-16,18H2,1H3,(H,26,30)/t24-/m1/s1. The van der Waals surface area contributed by atoms with Gasteiger partial charge in [-0.2, -0.15) is 0 Å². The summed E-state index contributed by atoms with van der Waals surface area (Å²) in [6, 6.07) is 17.5. The lowest BCUT2D eigenvalue weighted by Gasteiger charge is -2.38. The maximum Gasteiger partial charge on any atom is 0.234 e. The Morgan fingerprint density at radius 2 is 1.75 bits per heavy atom. The highest BCUT2D eigenvalue weighted by Crippen LogP contribution is 2.29. The molecular weight excluding hydrogens is 404 g/mol. The van der Waals surface area contributed by atoms with E-state index in [2.05, 4.69) is 20.1 Å². The first-order valence-electron chi connectivity index (χ1n) is 11.0. The van der Waals surface area contributed by atoms with Crippen molar-refractivity contribution in [2.45, 2.75) is 6.04 Å². The molecule has 1 atom stereocenters. The molecule has 3 aromatic rings. The summed E-state index contributed by atoms with van der Waals surface area (Å²) in [4.78, 5) is 33.5. The van der Waals surface area contributed by atoms with Crippen LogP contribution in [0.5, 0.6) is 0 Å². The summed E-state index contributed by atoms with van der Waals surface area (Å²) in [5, 5.41) is 3.82.